The molecule has 0 aromatic heterocycles. The number of carboxylic acid groups (broad SMARTS) is 2. The van der Waals surface area contributed by atoms with E-state index in [1.54, 1.807) is 0 Å². The van der Waals surface area contributed by atoms with Gasteiger partial charge in [0.15, 0.2) is 0 Å². The monoisotopic (exact) mass is 241 g/mol. The first-order valence-corrected chi connectivity index (χ1v) is 4.85. The van der Waals surface area contributed by atoms with Crippen LogP contribution in [0.4, 0.5) is 0 Å². The topological polar surface area (TPSA) is 121 Å². The van der Waals surface area contributed by atoms with E-state index < -0.39 is 29.7 Å². The summed E-state index contributed by atoms with van der Waals surface area (Å²) in [5.74, 6) is -5.13. The van der Waals surface area contributed by atoms with E-state index in [1.165, 1.54) is 6.92 Å². The van der Waals surface area contributed by atoms with Gasteiger partial charge in [-0.3, -0.25) is 24.5 Å². The smallest absolute Gasteiger partial charge is 0.311 e. The maximum absolute atomic E-state index is 11.4. The number of aliphatic carboxylic acids is 2. The van der Waals surface area contributed by atoms with Gasteiger partial charge in [-0.1, -0.05) is 0 Å². The first kappa shape index (κ1) is 12.9. The zero-order valence-electron chi connectivity index (χ0n) is 9.02. The summed E-state index contributed by atoms with van der Waals surface area (Å²) in [6.45, 7) is 1.34. The van der Waals surface area contributed by atoms with Crippen LogP contribution < -0.4 is 5.32 Å². The minimum Gasteiger partial charge on any atom is -0.481 e. The molecule has 0 fully saturated rings. The Morgan fingerprint density at radius 1 is 1.24 bits per heavy atom. The zero-order chi connectivity index (χ0) is 13.2. The number of hydrogen-bond acceptors (Lipinski definition) is 4. The molecule has 0 spiro atoms. The van der Waals surface area contributed by atoms with Crippen LogP contribution >= 0.6 is 0 Å². The Hall–Kier alpha value is -2.18. The van der Waals surface area contributed by atoms with Crippen molar-refractivity contribution in [2.75, 3.05) is 0 Å². The second kappa shape index (κ2) is 4.77. The van der Waals surface area contributed by atoms with Crippen LogP contribution in [0.2, 0.25) is 0 Å². The molecular formula is C10H11NO6. The summed E-state index contributed by atoms with van der Waals surface area (Å²) in [7, 11) is 0. The predicted octanol–water partition coefficient (Wildman–Crippen LogP) is -0.475. The van der Waals surface area contributed by atoms with E-state index in [2.05, 4.69) is 0 Å². The summed E-state index contributed by atoms with van der Waals surface area (Å²) in [5, 5.41) is 19.4. The molecule has 0 saturated heterocycles. The third-order valence-corrected chi connectivity index (χ3v) is 2.51. The largest absolute Gasteiger partial charge is 0.481 e. The SMILES string of the molecule is CC1=C(C(CCC(=O)O)C(=O)O)C(=O)NC1=O. The molecule has 1 unspecified atom stereocenters. The number of rotatable bonds is 5. The van der Waals surface area contributed by atoms with Gasteiger partial charge < -0.3 is 10.2 Å². The van der Waals surface area contributed by atoms with Crippen LogP contribution in [0.5, 0.6) is 0 Å². The lowest BCUT2D eigenvalue weighted by atomic mass is 9.91. The number of nitrogens with one attached hydrogen (secondary N) is 1. The lowest BCUT2D eigenvalue weighted by Gasteiger charge is -2.11. The Balaban J connectivity index is 2.99. The maximum atomic E-state index is 11.4. The summed E-state index contributed by atoms with van der Waals surface area (Å²) >= 11 is 0. The maximum Gasteiger partial charge on any atom is 0.311 e. The summed E-state index contributed by atoms with van der Waals surface area (Å²) in [6, 6.07) is 0. The van der Waals surface area contributed by atoms with Crippen LogP contribution in [0.3, 0.4) is 0 Å². The molecule has 1 atom stereocenters. The molecule has 0 radical (unpaired) electrons. The Kier molecular flexibility index (Phi) is 3.62. The van der Waals surface area contributed by atoms with Crippen molar-refractivity contribution in [3.63, 3.8) is 0 Å². The first-order chi connectivity index (χ1) is 7.84. The zero-order valence-corrected chi connectivity index (χ0v) is 9.02. The Labute approximate surface area is 96.1 Å². The number of carboxylic acids is 2. The molecule has 1 aliphatic rings. The van der Waals surface area contributed by atoms with E-state index in [0.29, 0.717) is 0 Å². The minimum atomic E-state index is -1.31. The Bertz CT molecular complexity index is 436. The lowest BCUT2D eigenvalue weighted by Crippen LogP contribution is -2.27. The molecule has 2 amide bonds. The van der Waals surface area contributed by atoms with Crippen molar-refractivity contribution in [1.29, 1.82) is 0 Å². The van der Waals surface area contributed by atoms with Crippen LogP contribution in [-0.2, 0) is 19.2 Å². The van der Waals surface area contributed by atoms with Crippen molar-refractivity contribution in [3.05, 3.63) is 11.1 Å². The second-order valence-corrected chi connectivity index (χ2v) is 3.65. The molecule has 0 saturated carbocycles. The standard InChI is InChI=1S/C10H11NO6/c1-4-7(9(15)11-8(4)14)5(10(16)17)2-3-6(12)13/h5H,2-3H2,1H3,(H,12,13)(H,16,17)(H,11,14,15). The molecule has 1 aliphatic heterocycles. The molecule has 0 aromatic carbocycles. The molecule has 0 bridgehead atoms. The van der Waals surface area contributed by atoms with Gasteiger partial charge in [0, 0.05) is 17.6 Å². The number of amides is 2. The quantitative estimate of drug-likeness (QED) is 0.559. The number of hydrogen-bond donors (Lipinski definition) is 3. The third kappa shape index (κ3) is 2.68. The van der Waals surface area contributed by atoms with Gasteiger partial charge >= 0.3 is 11.9 Å². The fourth-order valence-electron chi connectivity index (χ4n) is 1.64. The van der Waals surface area contributed by atoms with E-state index in [4.69, 9.17) is 10.2 Å². The lowest BCUT2D eigenvalue weighted by molar-refractivity contribution is -0.142. The van der Waals surface area contributed by atoms with Crippen molar-refractivity contribution < 1.29 is 29.4 Å². The summed E-state index contributed by atoms with van der Waals surface area (Å²) in [5.41, 5.74) is -0.114. The van der Waals surface area contributed by atoms with Gasteiger partial charge in [0.05, 0.1) is 5.92 Å². The molecule has 1 heterocycles. The van der Waals surface area contributed by atoms with Crippen molar-refractivity contribution in [3.8, 4) is 0 Å². The summed E-state index contributed by atoms with van der Waals surface area (Å²) < 4.78 is 0. The van der Waals surface area contributed by atoms with Crippen molar-refractivity contribution in [1.82, 2.24) is 5.32 Å². The average molecular weight is 241 g/mol. The molecule has 7 heteroatoms. The fourth-order valence-corrected chi connectivity index (χ4v) is 1.64. The molecule has 0 aliphatic carbocycles. The van der Waals surface area contributed by atoms with E-state index >= 15 is 0 Å². The summed E-state index contributed by atoms with van der Waals surface area (Å²) in [4.78, 5) is 43.9. The highest BCUT2D eigenvalue weighted by molar-refractivity contribution is 6.20. The molecular weight excluding hydrogens is 230 g/mol. The van der Waals surface area contributed by atoms with Gasteiger partial charge in [-0.15, -0.1) is 0 Å². The van der Waals surface area contributed by atoms with Crippen LogP contribution in [0, 0.1) is 5.92 Å². The number of carbonyl (C=O) groups excluding carboxylic acids is 2. The number of carbonyl (C=O) groups is 4. The third-order valence-electron chi connectivity index (χ3n) is 2.51. The van der Waals surface area contributed by atoms with Crippen LogP contribution in [0.15, 0.2) is 11.1 Å². The molecule has 1 rings (SSSR count). The van der Waals surface area contributed by atoms with Crippen molar-refractivity contribution >= 4 is 23.8 Å². The van der Waals surface area contributed by atoms with Crippen molar-refractivity contribution in [2.45, 2.75) is 19.8 Å². The van der Waals surface area contributed by atoms with Crippen LogP contribution in [0.1, 0.15) is 19.8 Å². The van der Waals surface area contributed by atoms with Crippen molar-refractivity contribution in [2.24, 2.45) is 5.92 Å². The Morgan fingerprint density at radius 2 is 1.82 bits per heavy atom. The summed E-state index contributed by atoms with van der Waals surface area (Å²) in [6.07, 6.45) is -0.604. The van der Waals surface area contributed by atoms with E-state index in [-0.39, 0.29) is 24.0 Å². The highest BCUT2D eigenvalue weighted by Gasteiger charge is 2.36. The van der Waals surface area contributed by atoms with Crippen LogP contribution in [0.25, 0.3) is 0 Å². The fraction of sp³-hybridized carbons (Fsp3) is 0.400. The highest BCUT2D eigenvalue weighted by atomic mass is 16.4. The van der Waals surface area contributed by atoms with Gasteiger partial charge in [0.2, 0.25) is 0 Å². The van der Waals surface area contributed by atoms with Gasteiger partial charge in [-0.25, -0.2) is 0 Å². The highest BCUT2D eigenvalue weighted by Crippen LogP contribution is 2.25. The van der Waals surface area contributed by atoms with Gasteiger partial charge in [0.1, 0.15) is 0 Å². The van der Waals surface area contributed by atoms with Gasteiger partial charge in [-0.2, -0.15) is 0 Å². The average Bonchev–Trinajstić information content (AvgIpc) is 2.44. The molecule has 92 valence electrons. The first-order valence-electron chi connectivity index (χ1n) is 4.85. The van der Waals surface area contributed by atoms with Gasteiger partial charge in [-0.05, 0) is 13.3 Å². The van der Waals surface area contributed by atoms with Crippen LogP contribution in [-0.4, -0.2) is 34.0 Å². The van der Waals surface area contributed by atoms with E-state index in [1.807, 2.05) is 5.32 Å². The van der Waals surface area contributed by atoms with E-state index in [9.17, 15) is 19.2 Å². The van der Waals surface area contributed by atoms with Gasteiger partial charge in [0.25, 0.3) is 11.8 Å². The normalized spacial score (nSPS) is 17.0. The second-order valence-electron chi connectivity index (χ2n) is 3.65. The minimum absolute atomic E-state index is 0.0350. The molecule has 3 N–H and O–H groups in total. The molecule has 7 nitrogen and oxygen atoms in total. The molecule has 0 aromatic rings. The predicted molar refractivity (Wildman–Crippen MR) is 53.8 cm³/mol. The number of imide groups is 1. The molecule has 17 heavy (non-hydrogen) atoms. The Morgan fingerprint density at radius 3 is 2.18 bits per heavy atom. The van der Waals surface area contributed by atoms with E-state index in [0.717, 1.165) is 0 Å².